The molecule has 0 aliphatic heterocycles. The van der Waals surface area contributed by atoms with Crippen molar-refractivity contribution < 1.29 is 14.4 Å². The lowest BCUT2D eigenvalue weighted by atomic mass is 10.0. The van der Waals surface area contributed by atoms with Gasteiger partial charge in [0.15, 0.2) is 0 Å². The summed E-state index contributed by atoms with van der Waals surface area (Å²) in [6.45, 7) is 6.20. The van der Waals surface area contributed by atoms with Gasteiger partial charge in [-0.25, -0.2) is 0 Å². The molecule has 5 rings (SSSR count). The van der Waals surface area contributed by atoms with Crippen molar-refractivity contribution in [3.63, 3.8) is 0 Å². The molecule has 1 unspecified atom stereocenters. The fraction of sp³-hybridized carbons (Fsp3) is 0.125. The Bertz CT molecular complexity index is 1870. The van der Waals surface area contributed by atoms with Gasteiger partial charge in [-0.05, 0) is 77.6 Å². The van der Waals surface area contributed by atoms with Gasteiger partial charge in [-0.1, -0.05) is 111 Å². The number of thioether (sulfide) groups is 1. The van der Waals surface area contributed by atoms with Crippen molar-refractivity contribution in [3.05, 3.63) is 167 Å². The molecule has 5 aromatic rings. The predicted molar refractivity (Wildman–Crippen MR) is 192 cm³/mol. The Kier molecular flexibility index (Phi) is 11.0. The van der Waals surface area contributed by atoms with Crippen LogP contribution >= 0.6 is 11.8 Å². The number of nitrogens with one attached hydrogen (secondary N) is 3. The third kappa shape index (κ3) is 9.08. The highest BCUT2D eigenvalue weighted by molar-refractivity contribution is 8.00. The van der Waals surface area contributed by atoms with E-state index in [1.54, 1.807) is 36.4 Å². The molecule has 3 amide bonds. The van der Waals surface area contributed by atoms with Crippen LogP contribution in [0.15, 0.2) is 144 Å². The zero-order chi connectivity index (χ0) is 33.2. The fourth-order valence-corrected chi connectivity index (χ4v) is 5.96. The monoisotopic (exact) mass is 639 g/mol. The van der Waals surface area contributed by atoms with E-state index >= 15 is 0 Å². The van der Waals surface area contributed by atoms with E-state index in [4.69, 9.17) is 0 Å². The maximum absolute atomic E-state index is 13.7. The summed E-state index contributed by atoms with van der Waals surface area (Å²) in [4.78, 5) is 41.2. The van der Waals surface area contributed by atoms with E-state index in [-0.39, 0.29) is 17.5 Å². The normalized spacial score (nSPS) is 11.9. The van der Waals surface area contributed by atoms with Crippen molar-refractivity contribution >= 4 is 46.9 Å². The highest BCUT2D eigenvalue weighted by Gasteiger charge is 2.23. The van der Waals surface area contributed by atoms with Gasteiger partial charge in [0.2, 0.25) is 5.91 Å². The maximum Gasteiger partial charge on any atom is 0.272 e. The van der Waals surface area contributed by atoms with Crippen LogP contribution in [0.5, 0.6) is 0 Å². The second-order valence-corrected chi connectivity index (χ2v) is 12.6. The topological polar surface area (TPSA) is 87.3 Å². The summed E-state index contributed by atoms with van der Waals surface area (Å²) in [5.74, 6) is -0.641. The first-order chi connectivity index (χ1) is 22.8. The van der Waals surface area contributed by atoms with Crippen molar-refractivity contribution in [3.8, 4) is 0 Å². The third-order valence-electron chi connectivity index (χ3n) is 7.53. The highest BCUT2D eigenvalue weighted by atomic mass is 32.2. The van der Waals surface area contributed by atoms with Crippen LogP contribution in [-0.2, 0) is 9.59 Å². The van der Waals surface area contributed by atoms with E-state index in [0.29, 0.717) is 17.2 Å². The standard InChI is InChI=1S/C40H37N3O3S/c1-27(2)30-23-21-29(22-24-30)25-36(43-38(44)32-16-8-5-9-17-32)39(45)41-33-18-12-19-34(26-33)47-37(31-14-6-4-7-15-31)40(46)42-35-20-11-10-13-28(35)3/h4-27,37H,1-3H3,(H,41,45)(H,42,46)(H,43,44)/b36-25+. The minimum atomic E-state index is -0.545. The van der Waals surface area contributed by atoms with Crippen LogP contribution < -0.4 is 16.0 Å². The molecule has 0 radical (unpaired) electrons. The van der Waals surface area contributed by atoms with Crippen LogP contribution in [0.4, 0.5) is 11.4 Å². The van der Waals surface area contributed by atoms with Gasteiger partial charge >= 0.3 is 0 Å². The molecule has 0 aromatic heterocycles. The first kappa shape index (κ1) is 33.0. The van der Waals surface area contributed by atoms with Crippen molar-refractivity contribution in [1.82, 2.24) is 5.32 Å². The van der Waals surface area contributed by atoms with Crippen molar-refractivity contribution in [2.24, 2.45) is 0 Å². The van der Waals surface area contributed by atoms with Crippen LogP contribution in [0.1, 0.15) is 57.6 Å². The quantitative estimate of drug-likeness (QED) is 0.0995. The van der Waals surface area contributed by atoms with Crippen molar-refractivity contribution in [1.29, 1.82) is 0 Å². The number of rotatable bonds is 11. The van der Waals surface area contributed by atoms with Crippen LogP contribution in [0.25, 0.3) is 6.08 Å². The summed E-state index contributed by atoms with van der Waals surface area (Å²) in [5.41, 5.74) is 5.62. The number of carbonyl (C=O) groups excluding carboxylic acids is 3. The van der Waals surface area contributed by atoms with Gasteiger partial charge < -0.3 is 16.0 Å². The number of para-hydroxylation sites is 1. The lowest BCUT2D eigenvalue weighted by Gasteiger charge is -2.18. The first-order valence-electron chi connectivity index (χ1n) is 15.4. The number of benzene rings is 5. The second kappa shape index (κ2) is 15.7. The number of anilines is 2. The number of aryl methyl sites for hydroxylation is 1. The van der Waals surface area contributed by atoms with Gasteiger partial charge in [0.1, 0.15) is 10.9 Å². The van der Waals surface area contributed by atoms with Crippen molar-refractivity contribution in [2.75, 3.05) is 10.6 Å². The molecule has 0 spiro atoms. The van der Waals surface area contributed by atoms with Gasteiger partial charge in [-0.3, -0.25) is 14.4 Å². The summed E-state index contributed by atoms with van der Waals surface area (Å²) in [5, 5.41) is 8.28. The average Bonchev–Trinajstić information content (AvgIpc) is 3.09. The van der Waals surface area contributed by atoms with Crippen LogP contribution in [-0.4, -0.2) is 17.7 Å². The smallest absolute Gasteiger partial charge is 0.272 e. The van der Waals surface area contributed by atoms with E-state index in [1.165, 1.54) is 17.3 Å². The largest absolute Gasteiger partial charge is 0.325 e. The van der Waals surface area contributed by atoms with Crippen molar-refractivity contribution in [2.45, 2.75) is 36.8 Å². The average molecular weight is 640 g/mol. The molecule has 7 heteroatoms. The van der Waals surface area contributed by atoms with Gasteiger partial charge in [0.05, 0.1) is 0 Å². The highest BCUT2D eigenvalue weighted by Crippen LogP contribution is 2.37. The molecule has 0 aliphatic rings. The van der Waals surface area contributed by atoms with Crippen LogP contribution in [0.3, 0.4) is 0 Å². The van der Waals surface area contributed by atoms with E-state index < -0.39 is 11.2 Å². The Labute approximate surface area is 280 Å². The Morgan fingerprint density at radius 1 is 0.681 bits per heavy atom. The van der Waals surface area contributed by atoms with E-state index in [9.17, 15) is 14.4 Å². The minimum Gasteiger partial charge on any atom is -0.325 e. The molecule has 0 aliphatic carbocycles. The zero-order valence-corrected chi connectivity index (χ0v) is 27.4. The van der Waals surface area contributed by atoms with Crippen LogP contribution in [0, 0.1) is 6.92 Å². The fourth-order valence-electron chi connectivity index (χ4n) is 4.88. The van der Waals surface area contributed by atoms with Crippen LogP contribution in [0.2, 0.25) is 0 Å². The molecule has 0 saturated heterocycles. The SMILES string of the molecule is Cc1ccccc1NC(=O)C(Sc1cccc(NC(=O)/C(=C\c2ccc(C(C)C)cc2)NC(=O)c2ccccc2)c1)c1ccccc1. The second-order valence-electron chi connectivity index (χ2n) is 11.4. The minimum absolute atomic E-state index is 0.106. The third-order valence-corrected chi connectivity index (χ3v) is 8.78. The first-order valence-corrected chi connectivity index (χ1v) is 16.3. The zero-order valence-electron chi connectivity index (χ0n) is 26.6. The molecule has 5 aromatic carbocycles. The molecule has 1 atom stereocenters. The molecule has 0 saturated carbocycles. The van der Waals surface area contributed by atoms with Gasteiger partial charge in [0, 0.05) is 21.8 Å². The Hall–Kier alpha value is -5.40. The Morgan fingerprint density at radius 2 is 1.34 bits per heavy atom. The number of hydrogen-bond donors (Lipinski definition) is 3. The lowest BCUT2D eigenvalue weighted by molar-refractivity contribution is -0.116. The molecular formula is C40H37N3O3S. The lowest BCUT2D eigenvalue weighted by Crippen LogP contribution is -2.30. The molecular weight excluding hydrogens is 603 g/mol. The predicted octanol–water partition coefficient (Wildman–Crippen LogP) is 9.00. The molecule has 3 N–H and O–H groups in total. The molecule has 0 bridgehead atoms. The maximum atomic E-state index is 13.7. The summed E-state index contributed by atoms with van der Waals surface area (Å²) in [6.07, 6.45) is 1.67. The summed E-state index contributed by atoms with van der Waals surface area (Å²) < 4.78 is 0. The summed E-state index contributed by atoms with van der Waals surface area (Å²) >= 11 is 1.39. The van der Waals surface area contributed by atoms with E-state index in [1.807, 2.05) is 110 Å². The molecule has 47 heavy (non-hydrogen) atoms. The molecule has 6 nitrogen and oxygen atoms in total. The number of amides is 3. The summed E-state index contributed by atoms with van der Waals surface area (Å²) in [7, 11) is 0. The molecule has 0 fully saturated rings. The van der Waals surface area contributed by atoms with Gasteiger partial charge in [-0.15, -0.1) is 11.8 Å². The van der Waals surface area contributed by atoms with Gasteiger partial charge in [0.25, 0.3) is 11.8 Å². The number of hydrogen-bond acceptors (Lipinski definition) is 4. The molecule has 0 heterocycles. The summed E-state index contributed by atoms with van der Waals surface area (Å²) in [6, 6.07) is 41.3. The van der Waals surface area contributed by atoms with Gasteiger partial charge in [-0.2, -0.15) is 0 Å². The molecule has 236 valence electrons. The Balaban J connectivity index is 1.38. The van der Waals surface area contributed by atoms with E-state index in [0.717, 1.165) is 27.3 Å². The number of carbonyl (C=O) groups is 3. The van der Waals surface area contributed by atoms with E-state index in [2.05, 4.69) is 29.8 Å². The Morgan fingerprint density at radius 3 is 2.02 bits per heavy atom.